The van der Waals surface area contributed by atoms with Crippen LogP contribution in [0.5, 0.6) is 5.75 Å². The van der Waals surface area contributed by atoms with Gasteiger partial charge in [-0.15, -0.1) is 0 Å². The van der Waals surface area contributed by atoms with E-state index in [9.17, 15) is 4.79 Å². The second-order valence-corrected chi connectivity index (χ2v) is 8.69. The van der Waals surface area contributed by atoms with Gasteiger partial charge in [0.25, 0.3) is 0 Å². The van der Waals surface area contributed by atoms with Crippen LogP contribution in [0.25, 0.3) is 0 Å². The molecule has 174 valence electrons. The van der Waals surface area contributed by atoms with E-state index in [1.54, 1.807) is 13.2 Å². The molecule has 1 aliphatic carbocycles. The average molecular weight is 439 g/mol. The summed E-state index contributed by atoms with van der Waals surface area (Å²) >= 11 is 0. The highest BCUT2D eigenvalue weighted by atomic mass is 16.6. The van der Waals surface area contributed by atoms with Crippen molar-refractivity contribution in [1.29, 1.82) is 0 Å². The number of rotatable bonds is 15. The van der Waals surface area contributed by atoms with Crippen LogP contribution in [0.2, 0.25) is 0 Å². The van der Waals surface area contributed by atoms with Crippen LogP contribution in [0, 0.1) is 5.92 Å². The van der Waals surface area contributed by atoms with Gasteiger partial charge in [-0.2, -0.15) is 0 Å². The molecule has 4 heteroatoms. The topological polar surface area (TPSA) is 48.1 Å². The second-order valence-electron chi connectivity index (χ2n) is 8.69. The summed E-state index contributed by atoms with van der Waals surface area (Å²) in [6.45, 7) is 3.63. The molecular formula is C28H38O4. The fraction of sp³-hybridized carbons (Fsp3) is 0.536. The molecule has 0 spiro atoms. The number of hydrogen-bond acceptors (Lipinski definition) is 4. The van der Waals surface area contributed by atoms with E-state index in [1.807, 2.05) is 30.3 Å². The fourth-order valence-corrected chi connectivity index (χ4v) is 4.04. The maximum Gasteiger partial charge on any atom is 0.181 e. The van der Waals surface area contributed by atoms with Crippen LogP contribution < -0.4 is 4.74 Å². The monoisotopic (exact) mass is 438 g/mol. The highest BCUT2D eigenvalue weighted by Gasteiger charge is 2.38. The first-order valence-electron chi connectivity index (χ1n) is 12.2. The predicted octanol–water partition coefficient (Wildman–Crippen LogP) is 6.36. The molecule has 3 atom stereocenters. The van der Waals surface area contributed by atoms with Crippen molar-refractivity contribution in [3.8, 4) is 5.75 Å². The van der Waals surface area contributed by atoms with E-state index in [0.717, 1.165) is 55.6 Å². The lowest BCUT2D eigenvalue weighted by molar-refractivity contribution is -0.111. The van der Waals surface area contributed by atoms with Crippen molar-refractivity contribution in [2.75, 3.05) is 13.7 Å². The molecule has 1 aromatic carbocycles. The number of methoxy groups -OCH3 is 1. The van der Waals surface area contributed by atoms with Crippen LogP contribution in [-0.4, -0.2) is 31.7 Å². The molecule has 0 N–H and O–H groups in total. The normalized spacial score (nSPS) is 23.5. The zero-order chi connectivity index (χ0) is 22.6. The third kappa shape index (κ3) is 8.07. The number of epoxide rings is 1. The van der Waals surface area contributed by atoms with E-state index in [4.69, 9.17) is 14.2 Å². The van der Waals surface area contributed by atoms with Gasteiger partial charge in [0.1, 0.15) is 11.9 Å². The first-order valence-corrected chi connectivity index (χ1v) is 12.2. The van der Waals surface area contributed by atoms with E-state index < -0.39 is 0 Å². The number of benzene rings is 1. The number of hydrogen-bond donors (Lipinski definition) is 0. The Morgan fingerprint density at radius 1 is 1.06 bits per heavy atom. The lowest BCUT2D eigenvalue weighted by atomic mass is 9.96. The Labute approximate surface area is 193 Å². The molecule has 1 aromatic rings. The van der Waals surface area contributed by atoms with E-state index in [-0.39, 0.29) is 17.8 Å². The Hall–Kier alpha value is -2.17. The molecular weight excluding hydrogens is 400 g/mol. The number of allylic oxidation sites excluding steroid dienone is 5. The molecule has 1 saturated heterocycles. The van der Waals surface area contributed by atoms with E-state index >= 15 is 0 Å². The van der Waals surface area contributed by atoms with Crippen molar-refractivity contribution < 1.29 is 19.0 Å². The molecule has 0 unspecified atom stereocenters. The molecule has 1 heterocycles. The molecule has 4 nitrogen and oxygen atoms in total. The van der Waals surface area contributed by atoms with Gasteiger partial charge in [-0.25, -0.2) is 0 Å². The van der Waals surface area contributed by atoms with Gasteiger partial charge < -0.3 is 14.2 Å². The number of ketones is 1. The van der Waals surface area contributed by atoms with Crippen molar-refractivity contribution in [1.82, 2.24) is 0 Å². The molecule has 32 heavy (non-hydrogen) atoms. The molecule has 0 radical (unpaired) electrons. The summed E-state index contributed by atoms with van der Waals surface area (Å²) in [4.78, 5) is 12.2. The molecule has 0 aromatic heterocycles. The maximum absolute atomic E-state index is 12.2. The minimum atomic E-state index is 0.148. The van der Waals surface area contributed by atoms with Gasteiger partial charge in [-0.1, -0.05) is 56.5 Å². The van der Waals surface area contributed by atoms with Crippen molar-refractivity contribution in [3.05, 3.63) is 65.8 Å². The average Bonchev–Trinajstić information content (AvgIpc) is 3.47. The highest BCUT2D eigenvalue weighted by molar-refractivity contribution is 6.07. The van der Waals surface area contributed by atoms with Crippen molar-refractivity contribution in [2.45, 2.75) is 77.1 Å². The minimum absolute atomic E-state index is 0.148. The summed E-state index contributed by atoms with van der Waals surface area (Å²) in [7, 11) is 1.67. The summed E-state index contributed by atoms with van der Waals surface area (Å²) in [5, 5.41) is 0. The van der Waals surface area contributed by atoms with Crippen LogP contribution in [0.15, 0.2) is 60.2 Å². The maximum atomic E-state index is 12.2. The fourth-order valence-electron chi connectivity index (χ4n) is 4.04. The van der Waals surface area contributed by atoms with Crippen LogP contribution >= 0.6 is 0 Å². The third-order valence-electron chi connectivity index (χ3n) is 6.12. The SMILES string of the molecule is CCCCC[C@H]1O[C@@H]1/C=C1/C(=O)C=C[C@@H]1C/C=C\CCCCOCc1ccc(OC)cc1. The van der Waals surface area contributed by atoms with Gasteiger partial charge in [0, 0.05) is 18.1 Å². The zero-order valence-electron chi connectivity index (χ0n) is 19.6. The molecule has 2 aliphatic rings. The van der Waals surface area contributed by atoms with E-state index in [2.05, 4.69) is 25.2 Å². The zero-order valence-corrected chi connectivity index (χ0v) is 19.6. The molecule has 1 aliphatic heterocycles. The number of carbonyl (C=O) groups is 1. The molecule has 0 amide bonds. The summed E-state index contributed by atoms with van der Waals surface area (Å²) in [6.07, 6.45) is 19.7. The first kappa shape index (κ1) is 24.5. The Balaban J connectivity index is 1.27. The molecule has 0 saturated carbocycles. The Morgan fingerprint density at radius 2 is 1.91 bits per heavy atom. The Kier molecular flexibility index (Phi) is 10.2. The van der Waals surface area contributed by atoms with E-state index in [1.165, 1.54) is 19.3 Å². The number of ether oxygens (including phenoxy) is 3. The molecule has 1 fully saturated rings. The van der Waals surface area contributed by atoms with Gasteiger partial charge >= 0.3 is 0 Å². The molecule has 3 rings (SSSR count). The number of unbranched alkanes of at least 4 members (excludes halogenated alkanes) is 4. The van der Waals surface area contributed by atoms with Gasteiger partial charge in [0.15, 0.2) is 5.78 Å². The van der Waals surface area contributed by atoms with Gasteiger partial charge in [-0.3, -0.25) is 4.79 Å². The highest BCUT2D eigenvalue weighted by Crippen LogP contribution is 2.33. The first-order chi connectivity index (χ1) is 15.7. The van der Waals surface area contributed by atoms with Gasteiger partial charge in [0.05, 0.1) is 19.8 Å². The minimum Gasteiger partial charge on any atom is -0.497 e. The van der Waals surface area contributed by atoms with Gasteiger partial charge in [-0.05, 0) is 62.0 Å². The van der Waals surface area contributed by atoms with Crippen LogP contribution in [-0.2, 0) is 20.9 Å². The predicted molar refractivity (Wildman–Crippen MR) is 129 cm³/mol. The molecule has 0 bridgehead atoms. The van der Waals surface area contributed by atoms with Crippen LogP contribution in [0.1, 0.15) is 63.9 Å². The quantitative estimate of drug-likeness (QED) is 0.138. The summed E-state index contributed by atoms with van der Waals surface area (Å²) in [5.74, 6) is 1.22. The van der Waals surface area contributed by atoms with Gasteiger partial charge in [0.2, 0.25) is 0 Å². The summed E-state index contributed by atoms with van der Waals surface area (Å²) in [6, 6.07) is 7.99. The third-order valence-corrected chi connectivity index (χ3v) is 6.12. The largest absolute Gasteiger partial charge is 0.497 e. The summed E-state index contributed by atoms with van der Waals surface area (Å²) < 4.78 is 16.7. The smallest absolute Gasteiger partial charge is 0.181 e. The van der Waals surface area contributed by atoms with Crippen LogP contribution in [0.3, 0.4) is 0 Å². The lowest BCUT2D eigenvalue weighted by Gasteiger charge is -2.07. The Morgan fingerprint density at radius 3 is 2.69 bits per heavy atom. The standard InChI is InChI=1S/C28H38O4/c1-3-4-8-12-27-28(32-27)20-25-23(15-18-26(25)29)11-9-6-5-7-10-19-31-21-22-13-16-24(30-2)17-14-22/h6,9,13-18,20,23,27-28H,3-5,7-8,10-12,19,21H2,1-2H3/b9-6-,25-20+/t23-,27+,28+/m0/s1. The second kappa shape index (κ2) is 13.4. The Bertz CT molecular complexity index is 790. The summed E-state index contributed by atoms with van der Waals surface area (Å²) in [5.41, 5.74) is 2.09. The lowest BCUT2D eigenvalue weighted by Crippen LogP contribution is -2.04. The number of carbonyl (C=O) groups excluding carboxylic acids is 1. The van der Waals surface area contributed by atoms with Crippen molar-refractivity contribution >= 4 is 5.78 Å². The van der Waals surface area contributed by atoms with E-state index in [0.29, 0.717) is 12.7 Å². The van der Waals surface area contributed by atoms with Crippen molar-refractivity contribution in [3.63, 3.8) is 0 Å². The van der Waals surface area contributed by atoms with Crippen LogP contribution in [0.4, 0.5) is 0 Å². The van der Waals surface area contributed by atoms with Crippen molar-refractivity contribution in [2.24, 2.45) is 5.92 Å².